The number of carbonyl (C=O) groups is 1. The lowest BCUT2D eigenvalue weighted by molar-refractivity contribution is 0.0702. The lowest BCUT2D eigenvalue weighted by Crippen LogP contribution is -2.45. The van der Waals surface area contributed by atoms with Crippen molar-refractivity contribution in [2.24, 2.45) is 5.73 Å². The van der Waals surface area contributed by atoms with Crippen molar-refractivity contribution in [3.63, 3.8) is 0 Å². The van der Waals surface area contributed by atoms with Crippen LogP contribution in [-0.2, 0) is 6.54 Å². The van der Waals surface area contributed by atoms with E-state index in [0.717, 1.165) is 24.2 Å². The maximum absolute atomic E-state index is 13.3. The molecule has 4 rings (SSSR count). The van der Waals surface area contributed by atoms with Gasteiger partial charge in [0.15, 0.2) is 0 Å². The van der Waals surface area contributed by atoms with Crippen LogP contribution in [0.2, 0.25) is 0 Å². The summed E-state index contributed by atoms with van der Waals surface area (Å²) in [6, 6.07) is 10.7. The summed E-state index contributed by atoms with van der Waals surface area (Å²) >= 11 is 0.919. The van der Waals surface area contributed by atoms with E-state index in [9.17, 15) is 20.0 Å². The molecule has 156 valence electrons. The number of fused-ring (bicyclic) bond motifs is 1. The number of nitrogens with zero attached hydrogens (tertiary/aromatic N) is 4. The number of nitrogens with two attached hydrogens (primary N) is 1. The predicted molar refractivity (Wildman–Crippen MR) is 118 cm³/mol. The maximum Gasteiger partial charge on any atom is 0.345 e. The summed E-state index contributed by atoms with van der Waals surface area (Å²) in [5, 5.41) is 18.7. The molecule has 1 aliphatic heterocycles. The number of hydrogen-bond acceptors (Lipinski definition) is 7. The Labute approximate surface area is 182 Å². The monoisotopic (exact) mass is 445 g/mol. The van der Waals surface area contributed by atoms with Crippen molar-refractivity contribution in [3.05, 3.63) is 56.7 Å². The van der Waals surface area contributed by atoms with Crippen LogP contribution in [0, 0.1) is 11.3 Å². The van der Waals surface area contributed by atoms with Crippen LogP contribution in [0.1, 0.15) is 33.6 Å². The van der Waals surface area contributed by atoms with Gasteiger partial charge in [0, 0.05) is 19.1 Å². The molecule has 0 bridgehead atoms. The second-order valence-electron chi connectivity index (χ2n) is 7.05. The minimum atomic E-state index is -1.09. The molecule has 0 aliphatic carbocycles. The number of aromatic nitrogens is 2. The number of piperidine rings is 1. The predicted octanol–water partition coefficient (Wildman–Crippen LogP) is 2.43. The van der Waals surface area contributed by atoms with Gasteiger partial charge in [0.2, 0.25) is 5.95 Å². The van der Waals surface area contributed by atoms with E-state index in [1.807, 2.05) is 11.0 Å². The normalized spacial score (nSPS) is 16.1. The molecule has 0 radical (unpaired) electrons. The number of carboxylic acids is 1. The Hall–Kier alpha value is -2.93. The van der Waals surface area contributed by atoms with Gasteiger partial charge in [-0.25, -0.2) is 9.78 Å². The van der Waals surface area contributed by atoms with Gasteiger partial charge in [-0.3, -0.25) is 9.36 Å². The molecule has 1 aromatic carbocycles. The first-order chi connectivity index (χ1) is 14.0. The number of thiophene rings is 1. The maximum atomic E-state index is 13.3. The highest BCUT2D eigenvalue weighted by molar-refractivity contribution is 7.20. The highest BCUT2D eigenvalue weighted by atomic mass is 35.5. The van der Waals surface area contributed by atoms with Gasteiger partial charge < -0.3 is 15.7 Å². The second kappa shape index (κ2) is 8.83. The summed E-state index contributed by atoms with van der Waals surface area (Å²) in [5.74, 6) is -0.629. The number of benzene rings is 1. The molecule has 0 spiro atoms. The fraction of sp³-hybridized carbons (Fsp3) is 0.300. The topological polar surface area (TPSA) is 125 Å². The Morgan fingerprint density at radius 3 is 2.87 bits per heavy atom. The van der Waals surface area contributed by atoms with Crippen molar-refractivity contribution >= 4 is 45.9 Å². The van der Waals surface area contributed by atoms with Gasteiger partial charge in [-0.05, 0) is 30.5 Å². The molecular formula is C20H20ClN5O3S. The van der Waals surface area contributed by atoms with Gasteiger partial charge in [-0.15, -0.1) is 23.7 Å². The summed E-state index contributed by atoms with van der Waals surface area (Å²) < 4.78 is 1.82. The van der Waals surface area contributed by atoms with E-state index in [4.69, 9.17) is 5.73 Å². The van der Waals surface area contributed by atoms with Gasteiger partial charge in [0.1, 0.15) is 9.58 Å². The molecule has 10 heteroatoms. The van der Waals surface area contributed by atoms with Crippen LogP contribution < -0.4 is 16.2 Å². The first-order valence-electron chi connectivity index (χ1n) is 9.24. The molecule has 0 amide bonds. The molecule has 1 atom stereocenters. The minimum Gasteiger partial charge on any atom is -0.477 e. The number of halogens is 1. The third kappa shape index (κ3) is 4.03. The molecule has 1 aliphatic rings. The van der Waals surface area contributed by atoms with Crippen molar-refractivity contribution in [2.75, 3.05) is 18.0 Å². The van der Waals surface area contributed by atoms with Gasteiger partial charge >= 0.3 is 5.97 Å². The summed E-state index contributed by atoms with van der Waals surface area (Å²) in [4.78, 5) is 31.4. The van der Waals surface area contributed by atoms with Crippen LogP contribution >= 0.6 is 23.7 Å². The SMILES string of the molecule is Cl.N#Cc1ccccc1Cn1c(N2CCC[C@@H](N)C2)nc2cc(C(=O)O)sc2c1=O. The minimum absolute atomic E-state index is 0. The molecule has 2 aromatic heterocycles. The molecule has 30 heavy (non-hydrogen) atoms. The second-order valence-corrected chi connectivity index (χ2v) is 8.10. The Kier molecular flexibility index (Phi) is 6.41. The quantitative estimate of drug-likeness (QED) is 0.631. The summed E-state index contributed by atoms with van der Waals surface area (Å²) in [5.41, 5.74) is 7.38. The van der Waals surface area contributed by atoms with Crippen LogP contribution in [0.4, 0.5) is 5.95 Å². The zero-order chi connectivity index (χ0) is 20.5. The van der Waals surface area contributed by atoms with E-state index in [-0.39, 0.29) is 35.4 Å². The van der Waals surface area contributed by atoms with Crippen molar-refractivity contribution in [2.45, 2.75) is 25.4 Å². The molecule has 1 saturated heterocycles. The van der Waals surface area contributed by atoms with Crippen molar-refractivity contribution < 1.29 is 9.90 Å². The van der Waals surface area contributed by atoms with Crippen LogP contribution in [0.5, 0.6) is 0 Å². The van der Waals surface area contributed by atoms with Crippen LogP contribution in [-0.4, -0.2) is 39.8 Å². The number of rotatable bonds is 4. The Morgan fingerprint density at radius 1 is 1.40 bits per heavy atom. The van der Waals surface area contributed by atoms with Gasteiger partial charge in [0.05, 0.1) is 23.7 Å². The first-order valence-corrected chi connectivity index (χ1v) is 10.1. The van der Waals surface area contributed by atoms with E-state index in [2.05, 4.69) is 11.1 Å². The molecule has 8 nitrogen and oxygen atoms in total. The lowest BCUT2D eigenvalue weighted by Gasteiger charge is -2.33. The summed E-state index contributed by atoms with van der Waals surface area (Å²) in [7, 11) is 0. The Bertz CT molecular complexity index is 1200. The Balaban J connectivity index is 0.00000256. The van der Waals surface area contributed by atoms with Crippen LogP contribution in [0.15, 0.2) is 35.1 Å². The third-order valence-corrected chi connectivity index (χ3v) is 6.13. The fourth-order valence-electron chi connectivity index (χ4n) is 3.62. The zero-order valence-corrected chi connectivity index (χ0v) is 17.6. The van der Waals surface area contributed by atoms with Gasteiger partial charge in [-0.2, -0.15) is 5.26 Å². The number of nitriles is 1. The van der Waals surface area contributed by atoms with Crippen molar-refractivity contribution in [1.29, 1.82) is 5.26 Å². The number of aromatic carboxylic acids is 1. The first kappa shape index (κ1) is 21.8. The highest BCUT2D eigenvalue weighted by Crippen LogP contribution is 2.26. The van der Waals surface area contributed by atoms with E-state index in [1.165, 1.54) is 10.6 Å². The van der Waals surface area contributed by atoms with E-state index < -0.39 is 5.97 Å². The van der Waals surface area contributed by atoms with Crippen molar-refractivity contribution in [3.8, 4) is 6.07 Å². The van der Waals surface area contributed by atoms with E-state index >= 15 is 0 Å². The van der Waals surface area contributed by atoms with E-state index in [1.54, 1.807) is 18.2 Å². The van der Waals surface area contributed by atoms with Gasteiger partial charge in [0.25, 0.3) is 5.56 Å². The molecule has 0 unspecified atom stereocenters. The van der Waals surface area contributed by atoms with Crippen molar-refractivity contribution in [1.82, 2.24) is 9.55 Å². The molecular weight excluding hydrogens is 426 g/mol. The highest BCUT2D eigenvalue weighted by Gasteiger charge is 2.24. The third-order valence-electron chi connectivity index (χ3n) is 5.03. The molecule has 0 saturated carbocycles. The average Bonchev–Trinajstić information content (AvgIpc) is 3.15. The number of carboxylic acid groups (broad SMARTS) is 1. The Morgan fingerprint density at radius 2 is 2.17 bits per heavy atom. The standard InChI is InChI=1S/C20H19N5O3S.ClH/c21-9-12-4-1-2-5-13(12)10-25-18(26)17-15(8-16(29-17)19(27)28)23-20(25)24-7-3-6-14(22)11-24;/h1-2,4-5,8,14H,3,6-7,10-11,22H2,(H,27,28);1H/t14-;/m1./s1. The summed E-state index contributed by atoms with van der Waals surface area (Å²) in [6.07, 6.45) is 1.79. The van der Waals surface area contributed by atoms with Gasteiger partial charge in [-0.1, -0.05) is 18.2 Å². The van der Waals surface area contributed by atoms with Crippen LogP contribution in [0.25, 0.3) is 10.2 Å². The number of hydrogen-bond donors (Lipinski definition) is 2. The molecule has 3 heterocycles. The lowest BCUT2D eigenvalue weighted by atomic mass is 10.1. The molecule has 3 N–H and O–H groups in total. The average molecular weight is 446 g/mol. The fourth-order valence-corrected chi connectivity index (χ4v) is 4.50. The molecule has 3 aromatic rings. The number of anilines is 1. The van der Waals surface area contributed by atoms with E-state index in [0.29, 0.717) is 40.4 Å². The van der Waals surface area contributed by atoms with Crippen LogP contribution in [0.3, 0.4) is 0 Å². The summed E-state index contributed by atoms with van der Waals surface area (Å²) in [6.45, 7) is 1.45. The molecule has 1 fully saturated rings. The largest absolute Gasteiger partial charge is 0.477 e. The smallest absolute Gasteiger partial charge is 0.345 e. The zero-order valence-electron chi connectivity index (χ0n) is 15.9.